The van der Waals surface area contributed by atoms with Gasteiger partial charge < -0.3 is 25.3 Å². The van der Waals surface area contributed by atoms with E-state index in [0.29, 0.717) is 28.5 Å². The van der Waals surface area contributed by atoms with Crippen LogP contribution in [-0.2, 0) is 13.1 Å². The van der Waals surface area contributed by atoms with E-state index in [0.717, 1.165) is 11.1 Å². The van der Waals surface area contributed by atoms with Crippen LogP contribution in [0, 0.1) is 6.92 Å². The number of hydrogen-bond acceptors (Lipinski definition) is 6. The Morgan fingerprint density at radius 3 is 2.55 bits per heavy atom. The van der Waals surface area contributed by atoms with Crippen LogP contribution in [0.25, 0.3) is 5.32 Å². The molecule has 1 amide bonds. The first-order valence-corrected chi connectivity index (χ1v) is 10.1. The van der Waals surface area contributed by atoms with Gasteiger partial charge in [0.15, 0.2) is 0 Å². The van der Waals surface area contributed by atoms with E-state index < -0.39 is 11.9 Å². The minimum absolute atomic E-state index is 0. The summed E-state index contributed by atoms with van der Waals surface area (Å²) in [6.07, 6.45) is 1.27. The van der Waals surface area contributed by atoms with Crippen molar-refractivity contribution in [1.29, 1.82) is 0 Å². The molecule has 0 aliphatic carbocycles. The molecule has 2 N–H and O–H groups in total. The van der Waals surface area contributed by atoms with Crippen molar-refractivity contribution in [1.82, 2.24) is 15.3 Å². The molecule has 2 aromatic carbocycles. The zero-order chi connectivity index (χ0) is 23.1. The monoisotopic (exact) mass is 456 g/mol. The van der Waals surface area contributed by atoms with E-state index in [2.05, 4.69) is 20.6 Å². The molecule has 0 aliphatic heterocycles. The SMILES string of the molecule is COc1cccc(C[N-]C(=O)c2cc(C(=S)NCc3ccc(C(=O)O)c(C)c3)ncn2)c1.[Li+]. The smallest absolute Gasteiger partial charge is 0.644 e. The molecule has 1 aromatic heterocycles. The van der Waals surface area contributed by atoms with E-state index in [1.54, 1.807) is 32.2 Å². The number of hydrogen-bond donors (Lipinski definition) is 2. The molecule has 0 fully saturated rings. The Morgan fingerprint density at radius 2 is 1.85 bits per heavy atom. The van der Waals surface area contributed by atoms with Crippen LogP contribution in [0.5, 0.6) is 5.75 Å². The number of thiocarbonyl (C=S) groups is 1. The van der Waals surface area contributed by atoms with Crippen LogP contribution in [0.4, 0.5) is 0 Å². The molecule has 0 bridgehead atoms. The molecule has 10 heteroatoms. The van der Waals surface area contributed by atoms with Crippen molar-refractivity contribution in [2.75, 3.05) is 7.11 Å². The van der Waals surface area contributed by atoms with E-state index in [4.69, 9.17) is 22.1 Å². The fraction of sp³-hybridized carbons (Fsp3) is 0.174. The summed E-state index contributed by atoms with van der Waals surface area (Å²) >= 11 is 5.38. The number of aromatic nitrogens is 2. The van der Waals surface area contributed by atoms with Gasteiger partial charge in [0.2, 0.25) is 0 Å². The van der Waals surface area contributed by atoms with E-state index >= 15 is 0 Å². The van der Waals surface area contributed by atoms with E-state index in [1.165, 1.54) is 12.4 Å². The van der Waals surface area contributed by atoms with Gasteiger partial charge in [-0.1, -0.05) is 42.0 Å². The van der Waals surface area contributed by atoms with Crippen molar-refractivity contribution in [3.63, 3.8) is 0 Å². The van der Waals surface area contributed by atoms with Crippen molar-refractivity contribution < 1.29 is 38.3 Å². The summed E-state index contributed by atoms with van der Waals surface area (Å²) in [6.45, 7) is 2.32. The average Bonchev–Trinajstić information content (AvgIpc) is 2.81. The number of rotatable bonds is 8. The number of aryl methyl sites for hydroxylation is 1. The minimum Gasteiger partial charge on any atom is -0.644 e. The van der Waals surface area contributed by atoms with Crippen molar-refractivity contribution in [2.24, 2.45) is 0 Å². The number of methoxy groups -OCH3 is 1. The molecule has 3 rings (SSSR count). The Kier molecular flexibility index (Phi) is 9.54. The Balaban J connectivity index is 0.00000385. The molecule has 8 nitrogen and oxygen atoms in total. The Hall–Kier alpha value is -3.25. The quantitative estimate of drug-likeness (QED) is 0.376. The topological polar surface area (TPSA) is 116 Å². The zero-order valence-corrected chi connectivity index (χ0v) is 19.3. The number of nitrogens with zero attached hydrogens (tertiary/aromatic N) is 3. The maximum absolute atomic E-state index is 12.5. The number of carbonyl (C=O) groups is 2. The van der Waals surface area contributed by atoms with Gasteiger partial charge in [-0.05, 0) is 42.3 Å². The van der Waals surface area contributed by atoms with E-state index in [1.807, 2.05) is 24.3 Å². The molecular weight excluding hydrogens is 435 g/mol. The molecule has 3 aromatic rings. The number of aromatic carboxylic acids is 1. The summed E-state index contributed by atoms with van der Waals surface area (Å²) in [4.78, 5) is 32.1. The molecule has 33 heavy (non-hydrogen) atoms. The number of nitrogens with one attached hydrogen (secondary N) is 1. The van der Waals surface area contributed by atoms with Crippen LogP contribution < -0.4 is 28.9 Å². The number of amides is 1. The number of carbonyl (C=O) groups excluding carboxylic acids is 1. The summed E-state index contributed by atoms with van der Waals surface area (Å²) < 4.78 is 5.17. The molecule has 0 atom stereocenters. The average molecular weight is 456 g/mol. The van der Waals surface area contributed by atoms with Crippen LogP contribution in [0.1, 0.15) is 43.2 Å². The Morgan fingerprint density at radius 1 is 1.09 bits per heavy atom. The van der Waals surface area contributed by atoms with E-state index in [9.17, 15) is 9.59 Å². The maximum Gasteiger partial charge on any atom is 1.00 e. The van der Waals surface area contributed by atoms with Gasteiger partial charge >= 0.3 is 24.8 Å². The van der Waals surface area contributed by atoms with Crippen LogP contribution in [-0.4, -0.2) is 39.0 Å². The second-order valence-electron chi connectivity index (χ2n) is 6.90. The number of benzene rings is 2. The normalized spacial score (nSPS) is 10.0. The molecule has 0 unspecified atom stereocenters. The third-order valence-electron chi connectivity index (χ3n) is 4.63. The van der Waals surface area contributed by atoms with Crippen molar-refractivity contribution in [2.45, 2.75) is 20.0 Å². The molecule has 0 spiro atoms. The van der Waals surface area contributed by atoms with Gasteiger partial charge in [-0.25, -0.2) is 14.8 Å². The van der Waals surface area contributed by atoms with E-state index in [-0.39, 0.29) is 36.7 Å². The van der Waals surface area contributed by atoms with Crippen LogP contribution in [0.15, 0.2) is 54.9 Å². The Labute approximate surface area is 209 Å². The second kappa shape index (κ2) is 12.1. The summed E-state index contributed by atoms with van der Waals surface area (Å²) in [7, 11) is 1.58. The summed E-state index contributed by atoms with van der Waals surface area (Å²) in [5.41, 5.74) is 3.17. The predicted molar refractivity (Wildman–Crippen MR) is 123 cm³/mol. The summed E-state index contributed by atoms with van der Waals surface area (Å²) in [5.74, 6) is -0.745. The number of ether oxygens (including phenoxy) is 1. The minimum atomic E-state index is -0.965. The first-order chi connectivity index (χ1) is 15.4. The predicted octanol–water partition coefficient (Wildman–Crippen LogP) is 0.675. The van der Waals surface area contributed by atoms with Crippen LogP contribution in [0.3, 0.4) is 0 Å². The maximum atomic E-state index is 12.5. The van der Waals surface area contributed by atoms with Gasteiger partial charge in [-0.3, -0.25) is 0 Å². The van der Waals surface area contributed by atoms with Gasteiger partial charge in [0.05, 0.1) is 18.4 Å². The summed E-state index contributed by atoms with van der Waals surface area (Å²) in [5, 5.41) is 16.3. The molecule has 1 heterocycles. The number of carboxylic acid groups (broad SMARTS) is 1. The molecule has 164 valence electrons. The fourth-order valence-electron chi connectivity index (χ4n) is 2.96. The largest absolute Gasteiger partial charge is 1.00 e. The van der Waals surface area contributed by atoms with Crippen molar-refractivity contribution in [3.8, 4) is 5.75 Å². The van der Waals surface area contributed by atoms with Gasteiger partial charge in [-0.2, -0.15) is 0 Å². The first kappa shape index (κ1) is 26.0. The van der Waals surface area contributed by atoms with Gasteiger partial charge in [0.1, 0.15) is 28.7 Å². The van der Waals surface area contributed by atoms with Crippen LogP contribution in [0.2, 0.25) is 0 Å². The third kappa shape index (κ3) is 7.12. The molecule has 0 aliphatic rings. The van der Waals surface area contributed by atoms with Crippen molar-refractivity contribution >= 4 is 29.1 Å². The number of carboxylic acids is 1. The van der Waals surface area contributed by atoms with Gasteiger partial charge in [0.25, 0.3) is 0 Å². The van der Waals surface area contributed by atoms with Crippen molar-refractivity contribution in [3.05, 3.63) is 93.8 Å². The zero-order valence-electron chi connectivity index (χ0n) is 18.5. The Bertz CT molecular complexity index is 1170. The molecule has 0 radical (unpaired) electrons. The molecule has 0 saturated carbocycles. The van der Waals surface area contributed by atoms with Crippen LogP contribution >= 0.6 is 12.2 Å². The molecule has 0 saturated heterocycles. The van der Waals surface area contributed by atoms with Gasteiger partial charge in [0, 0.05) is 6.54 Å². The standard InChI is InChI=1S/C23H22N4O4S.Li/c1-14-8-16(6-7-18(14)23(29)30)12-25-22(32)20-10-19(26-13-27-20)21(28)24-11-15-4-3-5-17(9-15)31-2;/h3-10,13H,11-12H2,1-2H3,(H3,24,25,28,29,30,32);/q;+1/p-1. The third-order valence-corrected chi connectivity index (χ3v) is 4.99. The summed E-state index contributed by atoms with van der Waals surface area (Å²) in [6, 6.07) is 13.9. The van der Waals surface area contributed by atoms with Gasteiger partial charge in [-0.15, -0.1) is 6.54 Å². The second-order valence-corrected chi connectivity index (χ2v) is 7.31. The first-order valence-electron chi connectivity index (χ1n) is 9.65. The molecular formula is C23H21LiN4O4S. The fourth-order valence-corrected chi connectivity index (χ4v) is 3.15.